The van der Waals surface area contributed by atoms with Crippen molar-refractivity contribution in [3.05, 3.63) is 0 Å². The number of hydrogen-bond donors (Lipinski definition) is 1. The van der Waals surface area contributed by atoms with Crippen LogP contribution in [0.3, 0.4) is 0 Å². The maximum Gasteiger partial charge on any atom is 0.0802 e. The Bertz CT molecular complexity index is 147. The molecule has 13 heavy (non-hydrogen) atoms. The van der Waals surface area contributed by atoms with Gasteiger partial charge in [0.2, 0.25) is 0 Å². The molecule has 1 saturated carbocycles. The molecular weight excluding hydrogens is 162 g/mol. The summed E-state index contributed by atoms with van der Waals surface area (Å²) in [4.78, 5) is 0. The molecule has 1 N–H and O–H groups in total. The van der Waals surface area contributed by atoms with Gasteiger partial charge in [0.25, 0.3) is 0 Å². The molecule has 1 fully saturated rings. The molecule has 0 bridgehead atoms. The van der Waals surface area contributed by atoms with Crippen LogP contribution in [0.1, 0.15) is 40.0 Å². The average molecular weight is 185 g/mol. The Hall–Kier alpha value is -0.0800. The van der Waals surface area contributed by atoms with Gasteiger partial charge in [-0.2, -0.15) is 0 Å². The lowest BCUT2D eigenvalue weighted by molar-refractivity contribution is -0.0712. The van der Waals surface area contributed by atoms with Crippen LogP contribution < -0.4 is 5.32 Å². The Labute approximate surface area is 82.0 Å². The van der Waals surface area contributed by atoms with Gasteiger partial charge < -0.3 is 10.1 Å². The summed E-state index contributed by atoms with van der Waals surface area (Å²) in [6.07, 6.45) is 3.77. The molecule has 0 aromatic rings. The van der Waals surface area contributed by atoms with Gasteiger partial charge in [-0.15, -0.1) is 0 Å². The number of hydrogen-bond acceptors (Lipinski definition) is 2. The third kappa shape index (κ3) is 2.68. The van der Waals surface area contributed by atoms with Crippen LogP contribution in [0.15, 0.2) is 0 Å². The summed E-state index contributed by atoms with van der Waals surface area (Å²) in [5.41, 5.74) is 0.170. The van der Waals surface area contributed by atoms with Gasteiger partial charge in [0.1, 0.15) is 0 Å². The topological polar surface area (TPSA) is 21.3 Å². The van der Waals surface area contributed by atoms with Crippen molar-refractivity contribution >= 4 is 0 Å². The maximum atomic E-state index is 5.54. The fourth-order valence-corrected chi connectivity index (χ4v) is 1.61. The average Bonchev–Trinajstić information content (AvgIpc) is 2.02. The van der Waals surface area contributed by atoms with E-state index in [1.807, 2.05) is 7.11 Å². The molecule has 2 nitrogen and oxygen atoms in total. The lowest BCUT2D eigenvalue weighted by atomic mass is 9.79. The first kappa shape index (κ1) is 11.0. The van der Waals surface area contributed by atoms with Crippen molar-refractivity contribution in [2.75, 3.05) is 13.7 Å². The summed E-state index contributed by atoms with van der Waals surface area (Å²) in [6.45, 7) is 7.76. The highest BCUT2D eigenvalue weighted by Crippen LogP contribution is 2.34. The molecule has 0 heterocycles. The molecule has 0 amide bonds. The van der Waals surface area contributed by atoms with Crippen LogP contribution in [0.25, 0.3) is 0 Å². The number of rotatable bonds is 5. The van der Waals surface area contributed by atoms with E-state index in [4.69, 9.17) is 4.74 Å². The van der Waals surface area contributed by atoms with E-state index >= 15 is 0 Å². The van der Waals surface area contributed by atoms with E-state index in [0.717, 1.165) is 6.54 Å². The third-order valence-corrected chi connectivity index (χ3v) is 3.44. The Morgan fingerprint density at radius 3 is 2.23 bits per heavy atom. The second kappa shape index (κ2) is 4.43. The monoisotopic (exact) mass is 185 g/mol. The fourth-order valence-electron chi connectivity index (χ4n) is 1.61. The Balaban J connectivity index is 2.24. The van der Waals surface area contributed by atoms with Crippen LogP contribution >= 0.6 is 0 Å². The highest BCUT2D eigenvalue weighted by atomic mass is 16.5. The second-order valence-corrected chi connectivity index (χ2v) is 4.65. The van der Waals surface area contributed by atoms with Crippen LogP contribution in [-0.2, 0) is 4.74 Å². The van der Waals surface area contributed by atoms with Crippen molar-refractivity contribution in [2.24, 2.45) is 5.92 Å². The van der Waals surface area contributed by atoms with Gasteiger partial charge >= 0.3 is 0 Å². The van der Waals surface area contributed by atoms with Gasteiger partial charge in [0.05, 0.1) is 5.60 Å². The Morgan fingerprint density at radius 2 is 1.92 bits per heavy atom. The standard InChI is InChI=1S/C11H23NO/c1-9(2)10(3)12-8-11(13-4)6-5-7-11/h9-10,12H,5-8H2,1-4H3. The van der Waals surface area contributed by atoms with E-state index in [1.54, 1.807) is 0 Å². The lowest BCUT2D eigenvalue weighted by Crippen LogP contribution is -2.50. The van der Waals surface area contributed by atoms with E-state index in [0.29, 0.717) is 12.0 Å². The van der Waals surface area contributed by atoms with Gasteiger partial charge in [-0.1, -0.05) is 13.8 Å². The number of methoxy groups -OCH3 is 1. The number of ether oxygens (including phenoxy) is 1. The molecule has 0 radical (unpaired) electrons. The van der Waals surface area contributed by atoms with Crippen molar-refractivity contribution < 1.29 is 4.74 Å². The molecule has 0 aromatic carbocycles. The molecule has 1 unspecified atom stereocenters. The van der Waals surface area contributed by atoms with Gasteiger partial charge in [-0.25, -0.2) is 0 Å². The van der Waals surface area contributed by atoms with Gasteiger partial charge in [-0.05, 0) is 32.1 Å². The first-order chi connectivity index (χ1) is 6.09. The molecule has 1 atom stereocenters. The summed E-state index contributed by atoms with van der Waals surface area (Å²) in [6, 6.07) is 0.590. The molecule has 1 aliphatic rings. The summed E-state index contributed by atoms with van der Waals surface area (Å²) in [7, 11) is 1.83. The summed E-state index contributed by atoms with van der Waals surface area (Å²) in [5.74, 6) is 0.703. The molecular formula is C11H23NO. The van der Waals surface area contributed by atoms with Crippen molar-refractivity contribution in [2.45, 2.75) is 51.7 Å². The quantitative estimate of drug-likeness (QED) is 0.709. The van der Waals surface area contributed by atoms with Crippen molar-refractivity contribution in [3.63, 3.8) is 0 Å². The van der Waals surface area contributed by atoms with E-state index in [9.17, 15) is 0 Å². The van der Waals surface area contributed by atoms with Crippen LogP contribution in [0.2, 0.25) is 0 Å². The predicted octanol–water partition coefficient (Wildman–Crippen LogP) is 2.19. The first-order valence-corrected chi connectivity index (χ1v) is 5.38. The normalized spacial score (nSPS) is 22.8. The van der Waals surface area contributed by atoms with Crippen molar-refractivity contribution in [1.82, 2.24) is 5.32 Å². The third-order valence-electron chi connectivity index (χ3n) is 3.44. The van der Waals surface area contributed by atoms with Crippen LogP contribution in [0, 0.1) is 5.92 Å². The zero-order valence-electron chi connectivity index (χ0n) is 9.39. The van der Waals surface area contributed by atoms with E-state index in [-0.39, 0.29) is 5.60 Å². The van der Waals surface area contributed by atoms with E-state index in [2.05, 4.69) is 26.1 Å². The molecule has 0 saturated heterocycles. The molecule has 78 valence electrons. The highest BCUT2D eigenvalue weighted by molar-refractivity contribution is 4.92. The lowest BCUT2D eigenvalue weighted by Gasteiger charge is -2.41. The molecule has 2 heteroatoms. The molecule has 1 aliphatic carbocycles. The number of nitrogens with one attached hydrogen (secondary N) is 1. The Morgan fingerprint density at radius 1 is 1.31 bits per heavy atom. The van der Waals surface area contributed by atoms with Gasteiger partial charge in [0, 0.05) is 19.7 Å². The molecule has 0 spiro atoms. The maximum absolute atomic E-state index is 5.54. The minimum Gasteiger partial charge on any atom is -0.377 e. The minimum atomic E-state index is 0.170. The van der Waals surface area contributed by atoms with Crippen LogP contribution in [0.4, 0.5) is 0 Å². The summed E-state index contributed by atoms with van der Waals surface area (Å²) < 4.78 is 5.54. The van der Waals surface area contributed by atoms with E-state index < -0.39 is 0 Å². The van der Waals surface area contributed by atoms with Crippen LogP contribution in [0.5, 0.6) is 0 Å². The largest absolute Gasteiger partial charge is 0.377 e. The summed E-state index contributed by atoms with van der Waals surface area (Å²) >= 11 is 0. The molecule has 0 aromatic heterocycles. The molecule has 0 aliphatic heterocycles. The predicted molar refractivity (Wildman–Crippen MR) is 55.9 cm³/mol. The van der Waals surface area contributed by atoms with Crippen LogP contribution in [-0.4, -0.2) is 25.3 Å². The SMILES string of the molecule is COC1(CNC(C)C(C)C)CCC1. The zero-order chi connectivity index (χ0) is 9.90. The summed E-state index contributed by atoms with van der Waals surface area (Å²) in [5, 5.41) is 3.55. The first-order valence-electron chi connectivity index (χ1n) is 5.38. The minimum absolute atomic E-state index is 0.170. The second-order valence-electron chi connectivity index (χ2n) is 4.65. The highest BCUT2D eigenvalue weighted by Gasteiger charge is 2.36. The Kier molecular flexibility index (Phi) is 3.74. The van der Waals surface area contributed by atoms with Gasteiger partial charge in [-0.3, -0.25) is 0 Å². The van der Waals surface area contributed by atoms with E-state index in [1.165, 1.54) is 19.3 Å². The van der Waals surface area contributed by atoms with Crippen molar-refractivity contribution in [1.29, 1.82) is 0 Å². The van der Waals surface area contributed by atoms with Crippen molar-refractivity contribution in [3.8, 4) is 0 Å². The fraction of sp³-hybridized carbons (Fsp3) is 1.00. The smallest absolute Gasteiger partial charge is 0.0802 e. The molecule has 1 rings (SSSR count). The zero-order valence-corrected chi connectivity index (χ0v) is 9.39. The van der Waals surface area contributed by atoms with Gasteiger partial charge in [0.15, 0.2) is 0 Å².